The highest BCUT2D eigenvalue weighted by atomic mass is 35.5. The van der Waals surface area contributed by atoms with Crippen molar-refractivity contribution >= 4 is 34.4 Å². The van der Waals surface area contributed by atoms with Crippen LogP contribution in [0.1, 0.15) is 29.8 Å². The van der Waals surface area contributed by atoms with E-state index in [-0.39, 0.29) is 11.7 Å². The monoisotopic (exact) mass is 398 g/mol. The zero-order chi connectivity index (χ0) is 20.3. The van der Waals surface area contributed by atoms with E-state index >= 15 is 0 Å². The molecule has 2 aromatic carbocycles. The summed E-state index contributed by atoms with van der Waals surface area (Å²) in [5.74, 6) is 0.438. The molecule has 0 fully saturated rings. The van der Waals surface area contributed by atoms with Gasteiger partial charge in [0, 0.05) is 5.39 Å². The lowest BCUT2D eigenvalue weighted by Crippen LogP contribution is -2.11. The van der Waals surface area contributed by atoms with Gasteiger partial charge in [-0.1, -0.05) is 35.9 Å². The van der Waals surface area contributed by atoms with Crippen molar-refractivity contribution in [2.24, 2.45) is 0 Å². The number of ether oxygens (including phenoxy) is 2. The van der Waals surface area contributed by atoms with Crippen LogP contribution in [0.4, 0.5) is 0 Å². The number of benzene rings is 2. The minimum absolute atomic E-state index is 0.0345. The molecule has 0 radical (unpaired) electrons. The van der Waals surface area contributed by atoms with Crippen molar-refractivity contribution in [1.82, 2.24) is 0 Å². The number of hydrogen-bond donors (Lipinski definition) is 0. The summed E-state index contributed by atoms with van der Waals surface area (Å²) in [7, 11) is 1.51. The molecule has 0 saturated carbocycles. The van der Waals surface area contributed by atoms with Gasteiger partial charge in [-0.2, -0.15) is 0 Å². The van der Waals surface area contributed by atoms with Gasteiger partial charge >= 0.3 is 5.63 Å². The Hall–Kier alpha value is -3.05. The summed E-state index contributed by atoms with van der Waals surface area (Å²) < 4.78 is 16.2. The van der Waals surface area contributed by atoms with Gasteiger partial charge in [-0.05, 0) is 49.8 Å². The zero-order valence-electron chi connectivity index (χ0n) is 15.7. The molecule has 0 spiro atoms. The van der Waals surface area contributed by atoms with Crippen LogP contribution in [0.2, 0.25) is 5.02 Å². The summed E-state index contributed by atoms with van der Waals surface area (Å²) in [5.41, 5.74) is 0.360. The molecule has 0 atom stereocenters. The van der Waals surface area contributed by atoms with Crippen LogP contribution in [-0.2, 0) is 0 Å². The Morgan fingerprint density at radius 1 is 1.18 bits per heavy atom. The Bertz CT molecular complexity index is 1110. The molecule has 0 aliphatic rings. The van der Waals surface area contributed by atoms with Gasteiger partial charge in [-0.25, -0.2) is 4.79 Å². The Morgan fingerprint density at radius 2 is 1.93 bits per heavy atom. The van der Waals surface area contributed by atoms with E-state index < -0.39 is 11.4 Å². The number of ketones is 1. The molecule has 1 aromatic heterocycles. The van der Waals surface area contributed by atoms with Gasteiger partial charge in [0.1, 0.15) is 11.1 Å². The van der Waals surface area contributed by atoms with Crippen molar-refractivity contribution in [1.29, 1.82) is 0 Å². The number of fused-ring (bicyclic) bond motifs is 1. The SMILES string of the molecule is COc1cc(/C=C/C(=O)c2cc3ccccc3oc2=O)cc(Cl)c1OC(C)C. The minimum atomic E-state index is -0.676. The number of carbonyl (C=O) groups is 1. The van der Waals surface area contributed by atoms with Crippen LogP contribution in [0.3, 0.4) is 0 Å². The van der Waals surface area contributed by atoms with Gasteiger partial charge in [0.2, 0.25) is 0 Å². The smallest absolute Gasteiger partial charge is 0.347 e. The van der Waals surface area contributed by atoms with Crippen LogP contribution in [-0.4, -0.2) is 19.0 Å². The lowest BCUT2D eigenvalue weighted by molar-refractivity contribution is 0.104. The standard InChI is InChI=1S/C22H19ClO5/c1-13(2)27-21-17(23)10-14(11-20(21)26-3)8-9-18(24)16-12-15-6-4-5-7-19(15)28-22(16)25/h4-13H,1-3H3/b9-8+. The van der Waals surface area contributed by atoms with E-state index in [1.54, 1.807) is 36.4 Å². The second-order valence-electron chi connectivity index (χ2n) is 6.38. The fourth-order valence-electron chi connectivity index (χ4n) is 2.68. The van der Waals surface area contributed by atoms with E-state index in [2.05, 4.69) is 0 Å². The number of para-hydroxylation sites is 1. The summed E-state index contributed by atoms with van der Waals surface area (Å²) in [6.07, 6.45) is 2.79. The number of allylic oxidation sites excluding steroid dienone is 1. The number of hydrogen-bond acceptors (Lipinski definition) is 5. The second-order valence-corrected chi connectivity index (χ2v) is 6.79. The predicted octanol–water partition coefficient (Wildman–Crippen LogP) is 5.14. The van der Waals surface area contributed by atoms with E-state index in [1.165, 1.54) is 19.3 Å². The van der Waals surface area contributed by atoms with Crippen molar-refractivity contribution in [2.45, 2.75) is 20.0 Å². The molecule has 0 bridgehead atoms. The quantitative estimate of drug-likeness (QED) is 0.327. The van der Waals surface area contributed by atoms with Crippen molar-refractivity contribution < 1.29 is 18.7 Å². The highest BCUT2D eigenvalue weighted by Gasteiger charge is 2.14. The maximum atomic E-state index is 12.5. The molecule has 0 amide bonds. The van der Waals surface area contributed by atoms with Crippen molar-refractivity contribution in [3.63, 3.8) is 0 Å². The number of methoxy groups -OCH3 is 1. The van der Waals surface area contributed by atoms with Crippen LogP contribution in [0.5, 0.6) is 11.5 Å². The molecule has 3 aromatic rings. The fraction of sp³-hybridized carbons (Fsp3) is 0.182. The van der Waals surface area contributed by atoms with Gasteiger partial charge in [-0.15, -0.1) is 0 Å². The van der Waals surface area contributed by atoms with E-state index in [9.17, 15) is 9.59 Å². The van der Waals surface area contributed by atoms with Crippen molar-refractivity contribution in [2.75, 3.05) is 7.11 Å². The Kier molecular flexibility index (Phi) is 5.85. The van der Waals surface area contributed by atoms with E-state index in [0.717, 1.165) is 0 Å². The van der Waals surface area contributed by atoms with Crippen molar-refractivity contribution in [3.8, 4) is 11.5 Å². The maximum Gasteiger partial charge on any atom is 0.347 e. The molecule has 1 heterocycles. The summed E-state index contributed by atoms with van der Waals surface area (Å²) in [4.78, 5) is 24.6. The van der Waals surface area contributed by atoms with Crippen LogP contribution in [0, 0.1) is 0 Å². The Balaban J connectivity index is 1.91. The van der Waals surface area contributed by atoms with Crippen LogP contribution >= 0.6 is 11.6 Å². The molecule has 0 unspecified atom stereocenters. The van der Waals surface area contributed by atoms with E-state index in [0.29, 0.717) is 33.1 Å². The summed E-state index contributed by atoms with van der Waals surface area (Å²) >= 11 is 6.29. The zero-order valence-corrected chi connectivity index (χ0v) is 16.4. The number of rotatable bonds is 6. The Morgan fingerprint density at radius 3 is 2.64 bits per heavy atom. The minimum Gasteiger partial charge on any atom is -0.493 e. The van der Waals surface area contributed by atoms with Gasteiger partial charge < -0.3 is 13.9 Å². The predicted molar refractivity (Wildman–Crippen MR) is 110 cm³/mol. The summed E-state index contributed by atoms with van der Waals surface area (Å²) in [6, 6.07) is 11.9. The molecule has 6 heteroatoms. The first-order valence-electron chi connectivity index (χ1n) is 8.68. The molecule has 3 rings (SSSR count). The normalized spacial score (nSPS) is 11.3. The molecule has 0 aliphatic carbocycles. The first-order chi connectivity index (χ1) is 13.4. The third-order valence-corrected chi connectivity index (χ3v) is 4.22. The fourth-order valence-corrected chi connectivity index (χ4v) is 2.95. The number of carbonyl (C=O) groups excluding carboxylic acids is 1. The third kappa shape index (κ3) is 4.26. The third-order valence-electron chi connectivity index (χ3n) is 3.94. The van der Waals surface area contributed by atoms with Crippen LogP contribution in [0.25, 0.3) is 17.0 Å². The van der Waals surface area contributed by atoms with Gasteiger partial charge in [0.25, 0.3) is 0 Å². The second kappa shape index (κ2) is 8.31. The van der Waals surface area contributed by atoms with Gasteiger partial charge in [-0.3, -0.25) is 4.79 Å². The lowest BCUT2D eigenvalue weighted by atomic mass is 10.1. The molecule has 0 aliphatic heterocycles. The average Bonchev–Trinajstić information content (AvgIpc) is 2.66. The number of halogens is 1. The van der Waals surface area contributed by atoms with Crippen molar-refractivity contribution in [3.05, 3.63) is 75.1 Å². The largest absolute Gasteiger partial charge is 0.493 e. The molecule has 0 N–H and O–H groups in total. The highest BCUT2D eigenvalue weighted by Crippen LogP contribution is 2.37. The topological polar surface area (TPSA) is 65.7 Å². The molecule has 0 saturated heterocycles. The van der Waals surface area contributed by atoms with Crippen LogP contribution in [0.15, 0.2) is 57.8 Å². The molecular weight excluding hydrogens is 380 g/mol. The first-order valence-corrected chi connectivity index (χ1v) is 9.06. The molecule has 5 nitrogen and oxygen atoms in total. The molecular formula is C22H19ClO5. The Labute approximate surface area is 167 Å². The van der Waals surface area contributed by atoms with Gasteiger partial charge in [0.05, 0.1) is 18.2 Å². The lowest BCUT2D eigenvalue weighted by Gasteiger charge is -2.15. The van der Waals surface area contributed by atoms with Gasteiger partial charge in [0.15, 0.2) is 17.3 Å². The summed E-state index contributed by atoms with van der Waals surface area (Å²) in [6.45, 7) is 3.77. The molecule has 144 valence electrons. The average molecular weight is 399 g/mol. The van der Waals surface area contributed by atoms with E-state index in [1.807, 2.05) is 19.9 Å². The van der Waals surface area contributed by atoms with E-state index in [4.69, 9.17) is 25.5 Å². The highest BCUT2D eigenvalue weighted by molar-refractivity contribution is 6.32. The van der Waals surface area contributed by atoms with Crippen LogP contribution < -0.4 is 15.1 Å². The molecule has 28 heavy (non-hydrogen) atoms. The first kappa shape index (κ1) is 19.7. The summed E-state index contributed by atoms with van der Waals surface area (Å²) in [5, 5.41) is 1.05. The maximum absolute atomic E-state index is 12.5.